The van der Waals surface area contributed by atoms with Crippen LogP contribution in [0.15, 0.2) is 10.3 Å². The molecule has 0 bridgehead atoms. The van der Waals surface area contributed by atoms with Crippen LogP contribution in [0, 0.1) is 16.0 Å². The quantitative estimate of drug-likeness (QED) is 0.598. The molecule has 0 unspecified atom stereocenters. The Bertz CT molecular complexity index is 639. The maximum absolute atomic E-state index is 12.0. The minimum absolute atomic E-state index is 0.285. The zero-order valence-electron chi connectivity index (χ0n) is 10.4. The lowest BCUT2D eigenvalue weighted by atomic mass is 10.1. The number of halogens is 1. The SMILES string of the molecule is CC(C)[C@@H](NS(=O)(=O)c1cc([N+](=O)[O-])c(Cl)s1)C(=O)O. The monoisotopic (exact) mass is 342 g/mol. The number of thiophene rings is 1. The highest BCUT2D eigenvalue weighted by Gasteiger charge is 2.31. The van der Waals surface area contributed by atoms with E-state index >= 15 is 0 Å². The van der Waals surface area contributed by atoms with Crippen molar-refractivity contribution in [3.8, 4) is 0 Å². The number of hydrogen-bond acceptors (Lipinski definition) is 6. The molecular weight excluding hydrogens is 332 g/mol. The largest absolute Gasteiger partial charge is 0.480 e. The summed E-state index contributed by atoms with van der Waals surface area (Å²) in [6.45, 7) is 3.07. The van der Waals surface area contributed by atoms with Crippen LogP contribution in [0.4, 0.5) is 5.69 Å². The van der Waals surface area contributed by atoms with E-state index in [0.717, 1.165) is 6.07 Å². The molecule has 11 heteroatoms. The number of rotatable bonds is 6. The number of carboxylic acids is 1. The van der Waals surface area contributed by atoms with Gasteiger partial charge in [-0.05, 0) is 5.92 Å². The number of nitrogens with one attached hydrogen (secondary N) is 1. The summed E-state index contributed by atoms with van der Waals surface area (Å²) in [6.07, 6.45) is 0. The van der Waals surface area contributed by atoms with Crippen LogP contribution >= 0.6 is 22.9 Å². The highest BCUT2D eigenvalue weighted by atomic mass is 35.5. The van der Waals surface area contributed by atoms with E-state index in [2.05, 4.69) is 0 Å². The highest BCUT2D eigenvalue weighted by molar-refractivity contribution is 7.91. The molecule has 1 heterocycles. The van der Waals surface area contributed by atoms with Gasteiger partial charge in [0.15, 0.2) is 4.34 Å². The molecule has 1 aromatic rings. The van der Waals surface area contributed by atoms with E-state index in [-0.39, 0.29) is 4.34 Å². The number of hydrogen-bond donors (Lipinski definition) is 2. The van der Waals surface area contributed by atoms with Gasteiger partial charge in [0.2, 0.25) is 0 Å². The Morgan fingerprint density at radius 2 is 2.10 bits per heavy atom. The summed E-state index contributed by atoms with van der Waals surface area (Å²) < 4.78 is 25.3. The summed E-state index contributed by atoms with van der Waals surface area (Å²) in [4.78, 5) is 20.8. The summed E-state index contributed by atoms with van der Waals surface area (Å²) >= 11 is 6.07. The summed E-state index contributed by atoms with van der Waals surface area (Å²) in [7, 11) is -4.19. The van der Waals surface area contributed by atoms with Gasteiger partial charge in [-0.25, -0.2) is 8.42 Å². The number of carbonyl (C=O) groups is 1. The number of nitro groups is 1. The van der Waals surface area contributed by atoms with Crippen molar-refractivity contribution in [1.82, 2.24) is 4.72 Å². The van der Waals surface area contributed by atoms with Gasteiger partial charge in [0.1, 0.15) is 10.3 Å². The fourth-order valence-corrected chi connectivity index (χ4v) is 4.31. The smallest absolute Gasteiger partial charge is 0.322 e. The summed E-state index contributed by atoms with van der Waals surface area (Å²) in [5.74, 6) is -1.83. The Kier molecular flexibility index (Phi) is 5.08. The maximum atomic E-state index is 12.0. The van der Waals surface area contributed by atoms with Crippen LogP contribution in [0.5, 0.6) is 0 Å². The zero-order chi connectivity index (χ0) is 15.7. The molecule has 0 aromatic carbocycles. The number of aliphatic carboxylic acids is 1. The maximum Gasteiger partial charge on any atom is 0.322 e. The van der Waals surface area contributed by atoms with E-state index in [1.807, 2.05) is 4.72 Å². The van der Waals surface area contributed by atoms with Crippen LogP contribution in [-0.4, -0.2) is 30.5 Å². The Morgan fingerprint density at radius 3 is 2.45 bits per heavy atom. The summed E-state index contributed by atoms with van der Waals surface area (Å²) in [5, 5.41) is 19.6. The first kappa shape index (κ1) is 16.8. The van der Waals surface area contributed by atoms with Gasteiger partial charge in [0, 0.05) is 6.07 Å². The van der Waals surface area contributed by atoms with Gasteiger partial charge >= 0.3 is 5.97 Å². The molecule has 2 N–H and O–H groups in total. The van der Waals surface area contributed by atoms with Crippen LogP contribution in [0.2, 0.25) is 4.34 Å². The number of nitrogens with zero attached hydrogens (tertiary/aromatic N) is 1. The molecule has 112 valence electrons. The zero-order valence-corrected chi connectivity index (χ0v) is 12.8. The van der Waals surface area contributed by atoms with Gasteiger partial charge in [-0.2, -0.15) is 4.72 Å². The van der Waals surface area contributed by atoms with Crippen molar-refractivity contribution in [2.45, 2.75) is 24.1 Å². The van der Waals surface area contributed by atoms with Gasteiger partial charge < -0.3 is 5.11 Å². The Morgan fingerprint density at radius 1 is 1.55 bits per heavy atom. The van der Waals surface area contributed by atoms with E-state index in [9.17, 15) is 23.3 Å². The molecule has 8 nitrogen and oxygen atoms in total. The van der Waals surface area contributed by atoms with E-state index in [1.54, 1.807) is 0 Å². The van der Waals surface area contributed by atoms with Crippen LogP contribution in [0.25, 0.3) is 0 Å². The molecular formula is C9H11ClN2O6S2. The van der Waals surface area contributed by atoms with Crippen LogP contribution < -0.4 is 4.72 Å². The van der Waals surface area contributed by atoms with Crippen molar-refractivity contribution in [3.05, 3.63) is 20.5 Å². The molecule has 0 spiro atoms. The topological polar surface area (TPSA) is 127 Å². The molecule has 0 saturated carbocycles. The lowest BCUT2D eigenvalue weighted by Crippen LogP contribution is -2.43. The molecule has 0 amide bonds. The van der Waals surface area contributed by atoms with Gasteiger partial charge in [-0.1, -0.05) is 25.4 Å². The number of sulfonamides is 1. The lowest BCUT2D eigenvalue weighted by molar-refractivity contribution is -0.384. The molecule has 0 radical (unpaired) electrons. The van der Waals surface area contributed by atoms with E-state index in [1.165, 1.54) is 13.8 Å². The normalized spacial score (nSPS) is 13.4. The third-order valence-corrected chi connectivity index (χ3v) is 5.58. The van der Waals surface area contributed by atoms with Gasteiger partial charge in [0.05, 0.1) is 4.92 Å². The predicted molar refractivity (Wildman–Crippen MR) is 72.6 cm³/mol. The van der Waals surface area contributed by atoms with Crippen LogP contribution in [0.3, 0.4) is 0 Å². The van der Waals surface area contributed by atoms with Gasteiger partial charge in [-0.15, -0.1) is 11.3 Å². The Hall–Kier alpha value is -1.23. The van der Waals surface area contributed by atoms with Gasteiger partial charge in [0.25, 0.3) is 15.7 Å². The van der Waals surface area contributed by atoms with Crippen molar-refractivity contribution < 1.29 is 23.2 Å². The molecule has 0 aliphatic rings. The third-order valence-electron chi connectivity index (χ3n) is 2.32. The average molecular weight is 343 g/mol. The van der Waals surface area contributed by atoms with E-state index < -0.39 is 42.8 Å². The predicted octanol–water partition coefficient (Wildman–Crippen LogP) is 1.70. The fraction of sp³-hybridized carbons (Fsp3) is 0.444. The second-order valence-electron chi connectivity index (χ2n) is 4.16. The summed E-state index contributed by atoms with van der Waals surface area (Å²) in [5.41, 5.74) is -0.534. The molecule has 0 aliphatic heterocycles. The van der Waals surface area contributed by atoms with Crippen molar-refractivity contribution in [2.75, 3.05) is 0 Å². The van der Waals surface area contributed by atoms with Crippen molar-refractivity contribution in [2.24, 2.45) is 5.92 Å². The average Bonchev–Trinajstić information content (AvgIpc) is 2.68. The van der Waals surface area contributed by atoms with E-state index in [0.29, 0.717) is 11.3 Å². The standard InChI is InChI=1S/C9H11ClN2O6S2/c1-4(2)7(9(13)14)11-20(17,18)6-3-5(12(15)16)8(10)19-6/h3-4,7,11H,1-2H3,(H,13,14)/t7-/m1/s1. The summed E-state index contributed by atoms with van der Waals surface area (Å²) in [6, 6.07) is -0.533. The first-order valence-corrected chi connectivity index (χ1v) is 7.93. The first-order chi connectivity index (χ1) is 9.06. The second kappa shape index (κ2) is 6.04. The van der Waals surface area contributed by atoms with Crippen LogP contribution in [0.1, 0.15) is 13.8 Å². The minimum Gasteiger partial charge on any atom is -0.480 e. The van der Waals surface area contributed by atoms with Gasteiger partial charge in [-0.3, -0.25) is 14.9 Å². The van der Waals surface area contributed by atoms with Crippen LogP contribution in [-0.2, 0) is 14.8 Å². The molecule has 0 aliphatic carbocycles. The molecule has 1 atom stereocenters. The van der Waals surface area contributed by atoms with Crippen molar-refractivity contribution in [3.63, 3.8) is 0 Å². The minimum atomic E-state index is -4.19. The second-order valence-corrected chi connectivity index (χ2v) is 7.76. The van der Waals surface area contributed by atoms with E-state index in [4.69, 9.17) is 16.7 Å². The Labute approximate surface area is 123 Å². The number of carboxylic acid groups (broad SMARTS) is 1. The molecule has 1 rings (SSSR count). The first-order valence-electron chi connectivity index (χ1n) is 5.25. The third kappa shape index (κ3) is 3.66. The Balaban J connectivity index is 3.14. The molecule has 0 saturated heterocycles. The molecule has 0 fully saturated rings. The lowest BCUT2D eigenvalue weighted by Gasteiger charge is -2.16. The van der Waals surface area contributed by atoms with Crippen molar-refractivity contribution >= 4 is 44.6 Å². The fourth-order valence-electron chi connectivity index (χ4n) is 1.29. The molecule has 20 heavy (non-hydrogen) atoms. The molecule has 1 aromatic heterocycles. The van der Waals surface area contributed by atoms with Crippen molar-refractivity contribution in [1.29, 1.82) is 0 Å². The highest BCUT2D eigenvalue weighted by Crippen LogP contribution is 2.36.